The minimum absolute atomic E-state index is 1.06. The molecule has 1 heteroatoms. The Morgan fingerprint density at radius 2 is 1.64 bits per heavy atom. The van der Waals surface area contributed by atoms with Crippen LogP contribution in [0, 0.1) is 15.4 Å². The second-order valence-electron chi connectivity index (χ2n) is 2.93. The third kappa shape index (κ3) is 2.43. The van der Waals surface area contributed by atoms with Crippen LogP contribution >= 0.6 is 22.6 Å². The molecule has 0 spiro atoms. The van der Waals surface area contributed by atoms with Crippen molar-refractivity contribution in [1.82, 2.24) is 0 Å². The fourth-order valence-electron chi connectivity index (χ4n) is 1.13. The Bertz CT molecular complexity index is 452. The first-order valence-corrected chi connectivity index (χ1v) is 5.42. The van der Waals surface area contributed by atoms with Gasteiger partial charge in [0, 0.05) is 9.13 Å². The average Bonchev–Trinajstić information content (AvgIpc) is 2.70. The van der Waals surface area contributed by atoms with Crippen molar-refractivity contribution in [1.29, 1.82) is 0 Å². The Balaban J connectivity index is 2.22. The van der Waals surface area contributed by atoms with Gasteiger partial charge in [0.15, 0.2) is 0 Å². The van der Waals surface area contributed by atoms with Crippen molar-refractivity contribution >= 4 is 22.6 Å². The number of rotatable bonds is 0. The van der Waals surface area contributed by atoms with E-state index in [1.54, 1.807) is 0 Å². The van der Waals surface area contributed by atoms with E-state index >= 15 is 0 Å². The molecule has 68 valence electrons. The predicted molar refractivity (Wildman–Crippen MR) is 67.2 cm³/mol. The van der Waals surface area contributed by atoms with Gasteiger partial charge in [-0.15, -0.1) is 11.5 Å². The Hall–Kier alpha value is -1.14. The lowest BCUT2D eigenvalue weighted by Gasteiger charge is -1.91. The van der Waals surface area contributed by atoms with Gasteiger partial charge in [-0.1, -0.05) is 5.92 Å². The molecule has 0 saturated carbocycles. The molecule has 0 aliphatic carbocycles. The summed E-state index contributed by atoms with van der Waals surface area (Å²) >= 11 is 2.29. The van der Waals surface area contributed by atoms with Crippen LogP contribution in [0.5, 0.6) is 0 Å². The molecule has 0 fully saturated rings. The van der Waals surface area contributed by atoms with E-state index in [0.29, 0.717) is 0 Å². The van der Waals surface area contributed by atoms with E-state index in [1.165, 1.54) is 3.57 Å². The Morgan fingerprint density at radius 3 is 2.29 bits per heavy atom. The summed E-state index contributed by atoms with van der Waals surface area (Å²) in [6.45, 7) is 0. The fraction of sp³-hybridized carbons (Fsp3) is 0. The fourth-order valence-corrected chi connectivity index (χ4v) is 1.49. The van der Waals surface area contributed by atoms with Crippen LogP contribution in [0.3, 0.4) is 0 Å². The van der Waals surface area contributed by atoms with Crippen LogP contribution in [0.4, 0.5) is 0 Å². The van der Waals surface area contributed by atoms with E-state index in [0.717, 1.165) is 11.1 Å². The summed E-state index contributed by atoms with van der Waals surface area (Å²) in [7, 11) is 0. The zero-order chi connectivity index (χ0) is 9.80. The van der Waals surface area contributed by atoms with Crippen molar-refractivity contribution in [2.45, 2.75) is 0 Å². The second kappa shape index (κ2) is 4.39. The molecule has 0 aliphatic rings. The molecule has 0 aliphatic heterocycles. The monoisotopic (exact) mass is 291 g/mol. The number of hydrogen-bond acceptors (Lipinski definition) is 0. The van der Waals surface area contributed by atoms with Gasteiger partial charge in [-0.05, 0) is 46.9 Å². The highest BCUT2D eigenvalue weighted by Gasteiger charge is 1.85. The van der Waals surface area contributed by atoms with Crippen LogP contribution in [0.25, 0.3) is 0 Å². The molecule has 0 bridgehead atoms. The normalized spacial score (nSPS) is 9.21. The van der Waals surface area contributed by atoms with Gasteiger partial charge in [-0.2, -0.15) is 24.3 Å². The lowest BCUT2D eigenvalue weighted by molar-refractivity contribution is 1.60. The Morgan fingerprint density at radius 1 is 0.929 bits per heavy atom. The van der Waals surface area contributed by atoms with Gasteiger partial charge in [0.1, 0.15) is 0 Å². The first-order valence-electron chi connectivity index (χ1n) is 4.34. The average molecular weight is 291 g/mol. The van der Waals surface area contributed by atoms with Crippen molar-refractivity contribution in [3.63, 3.8) is 0 Å². The van der Waals surface area contributed by atoms with Crippen molar-refractivity contribution in [3.05, 3.63) is 63.2 Å². The summed E-state index contributed by atoms with van der Waals surface area (Å²) in [5, 5.41) is 0. The molecule has 0 radical (unpaired) electrons. The third-order valence-electron chi connectivity index (χ3n) is 1.86. The quantitative estimate of drug-likeness (QED) is 0.396. The standard InChI is InChI=1S/C13H8I/c14-13-9-7-12(8-10-13)6-5-11-3-1-2-4-11/h1-4,7-10H/q-1. The third-order valence-corrected chi connectivity index (χ3v) is 2.58. The molecule has 0 atom stereocenters. The van der Waals surface area contributed by atoms with Crippen LogP contribution in [0.2, 0.25) is 0 Å². The molecule has 0 aromatic heterocycles. The van der Waals surface area contributed by atoms with Gasteiger partial charge in [-0.3, -0.25) is 0 Å². The summed E-state index contributed by atoms with van der Waals surface area (Å²) in [5.74, 6) is 6.23. The lowest BCUT2D eigenvalue weighted by atomic mass is 10.2. The number of hydrogen-bond donors (Lipinski definition) is 0. The molecule has 0 unspecified atom stereocenters. The SMILES string of the molecule is Ic1ccc(C#Cc2cc[cH-]c2)cc1. The minimum Gasteiger partial charge on any atom is -0.199 e. The summed E-state index contributed by atoms with van der Waals surface area (Å²) in [6.07, 6.45) is 0. The van der Waals surface area contributed by atoms with Gasteiger partial charge in [0.05, 0.1) is 0 Å². The minimum atomic E-state index is 1.06. The number of halogens is 1. The molecule has 0 saturated heterocycles. The van der Waals surface area contributed by atoms with Gasteiger partial charge in [0.25, 0.3) is 0 Å². The van der Waals surface area contributed by atoms with E-state index < -0.39 is 0 Å². The molecule has 2 aromatic carbocycles. The van der Waals surface area contributed by atoms with Crippen LogP contribution in [0.1, 0.15) is 11.1 Å². The topological polar surface area (TPSA) is 0 Å². The first kappa shape index (κ1) is 9.42. The van der Waals surface area contributed by atoms with E-state index in [-0.39, 0.29) is 0 Å². The highest BCUT2D eigenvalue weighted by Crippen LogP contribution is 2.06. The Labute approximate surface area is 97.5 Å². The van der Waals surface area contributed by atoms with Crippen molar-refractivity contribution < 1.29 is 0 Å². The molecule has 2 aromatic rings. The van der Waals surface area contributed by atoms with Crippen molar-refractivity contribution in [2.75, 3.05) is 0 Å². The summed E-state index contributed by atoms with van der Waals surface area (Å²) < 4.78 is 1.24. The highest BCUT2D eigenvalue weighted by molar-refractivity contribution is 14.1. The van der Waals surface area contributed by atoms with E-state index in [2.05, 4.69) is 46.6 Å². The molecular weight excluding hydrogens is 283 g/mol. The van der Waals surface area contributed by atoms with Crippen LogP contribution in [0.15, 0.2) is 48.5 Å². The van der Waals surface area contributed by atoms with Crippen LogP contribution < -0.4 is 0 Å². The maximum absolute atomic E-state index is 3.12. The molecule has 0 nitrogen and oxygen atoms in total. The predicted octanol–water partition coefficient (Wildman–Crippen LogP) is 3.41. The maximum atomic E-state index is 3.12. The summed E-state index contributed by atoms with van der Waals surface area (Å²) in [5.41, 5.74) is 2.13. The summed E-state index contributed by atoms with van der Waals surface area (Å²) in [4.78, 5) is 0. The van der Waals surface area contributed by atoms with Gasteiger partial charge >= 0.3 is 0 Å². The molecule has 0 N–H and O–H groups in total. The van der Waals surface area contributed by atoms with E-state index in [1.807, 2.05) is 36.4 Å². The Kier molecular flexibility index (Phi) is 2.95. The second-order valence-corrected chi connectivity index (χ2v) is 4.18. The lowest BCUT2D eigenvalue weighted by Crippen LogP contribution is -1.74. The van der Waals surface area contributed by atoms with Crippen LogP contribution in [-0.4, -0.2) is 0 Å². The molecule has 2 rings (SSSR count). The molecular formula is C13H8I-. The van der Waals surface area contributed by atoms with Crippen molar-refractivity contribution in [2.24, 2.45) is 0 Å². The zero-order valence-electron chi connectivity index (χ0n) is 7.50. The molecule has 0 heterocycles. The van der Waals surface area contributed by atoms with Gasteiger partial charge < -0.3 is 0 Å². The maximum Gasteiger partial charge on any atom is 0.0238 e. The van der Waals surface area contributed by atoms with Crippen LogP contribution in [-0.2, 0) is 0 Å². The molecule has 0 amide bonds. The first-order chi connectivity index (χ1) is 6.84. The highest BCUT2D eigenvalue weighted by atomic mass is 127. The van der Waals surface area contributed by atoms with Gasteiger partial charge in [0.2, 0.25) is 0 Å². The van der Waals surface area contributed by atoms with Crippen molar-refractivity contribution in [3.8, 4) is 11.8 Å². The van der Waals surface area contributed by atoms with E-state index in [4.69, 9.17) is 0 Å². The zero-order valence-corrected chi connectivity index (χ0v) is 9.65. The number of benzene rings is 1. The van der Waals surface area contributed by atoms with E-state index in [9.17, 15) is 0 Å². The van der Waals surface area contributed by atoms with Gasteiger partial charge in [-0.25, -0.2) is 0 Å². The smallest absolute Gasteiger partial charge is 0.0238 e. The molecule has 14 heavy (non-hydrogen) atoms. The summed E-state index contributed by atoms with van der Waals surface area (Å²) in [6, 6.07) is 16.2. The largest absolute Gasteiger partial charge is 0.199 e.